The highest BCUT2D eigenvalue weighted by Crippen LogP contribution is 2.17. The van der Waals surface area contributed by atoms with Crippen molar-refractivity contribution in [3.8, 4) is 5.69 Å². The maximum Gasteiger partial charge on any atom is 0.408 e. The topological polar surface area (TPSA) is 143 Å². The summed E-state index contributed by atoms with van der Waals surface area (Å²) in [5.41, 5.74) is -1.05. The van der Waals surface area contributed by atoms with Gasteiger partial charge in [0.1, 0.15) is 23.2 Å². The highest BCUT2D eigenvalue weighted by atomic mass is 16.6. The molecule has 1 aliphatic heterocycles. The number of rotatable bonds is 6. The molecule has 2 aromatic rings. The Labute approximate surface area is 227 Å². The number of alkyl carbamates (subject to hydrolysis) is 1. The van der Waals surface area contributed by atoms with Crippen LogP contribution in [0.15, 0.2) is 41.3 Å². The van der Waals surface area contributed by atoms with E-state index in [1.165, 1.54) is 16.8 Å². The Morgan fingerprint density at radius 2 is 1.74 bits per heavy atom. The van der Waals surface area contributed by atoms with Crippen molar-refractivity contribution in [1.82, 2.24) is 24.7 Å². The van der Waals surface area contributed by atoms with E-state index < -0.39 is 29.0 Å². The van der Waals surface area contributed by atoms with E-state index in [1.807, 2.05) is 6.92 Å². The highest BCUT2D eigenvalue weighted by molar-refractivity contribution is 5.91. The lowest BCUT2D eigenvalue weighted by molar-refractivity contribution is -0.139. The first kappa shape index (κ1) is 29.3. The van der Waals surface area contributed by atoms with Crippen molar-refractivity contribution in [3.05, 3.63) is 52.6 Å². The Kier molecular flexibility index (Phi) is 8.78. The molecule has 3 rings (SSSR count). The van der Waals surface area contributed by atoms with Crippen LogP contribution in [0.1, 0.15) is 47.1 Å². The zero-order chi connectivity index (χ0) is 29.0. The number of nitrogens with zero attached hydrogens (tertiary/aromatic N) is 4. The fraction of sp³-hybridized carbons (Fsp3) is 0.481. The first-order valence-corrected chi connectivity index (χ1v) is 12.7. The lowest BCUT2D eigenvalue weighted by Crippen LogP contribution is -2.62. The SMILES string of the molecule is C[C@@H]1CN(C(=O)C(C)(C)NC(=O)OC(C)(C)C)CCN1C(=O)Nc1ccn(-c2ccc(CC=O)cc2)c(=O)n1. The summed E-state index contributed by atoms with van der Waals surface area (Å²) in [6.07, 6.45) is 1.93. The fourth-order valence-electron chi connectivity index (χ4n) is 4.19. The van der Waals surface area contributed by atoms with Gasteiger partial charge in [-0.05, 0) is 65.3 Å². The second-order valence-electron chi connectivity index (χ2n) is 11.0. The van der Waals surface area contributed by atoms with Crippen LogP contribution in [0.25, 0.3) is 5.69 Å². The van der Waals surface area contributed by atoms with Crippen molar-refractivity contribution in [2.24, 2.45) is 0 Å². The number of benzene rings is 1. The van der Waals surface area contributed by atoms with Gasteiger partial charge in [0.05, 0.1) is 5.69 Å². The summed E-state index contributed by atoms with van der Waals surface area (Å²) in [4.78, 5) is 68.7. The largest absolute Gasteiger partial charge is 0.444 e. The number of aldehydes is 1. The van der Waals surface area contributed by atoms with Gasteiger partial charge < -0.3 is 24.6 Å². The molecule has 0 saturated carbocycles. The monoisotopic (exact) mass is 540 g/mol. The Morgan fingerprint density at radius 1 is 1.08 bits per heavy atom. The predicted octanol–water partition coefficient (Wildman–Crippen LogP) is 2.34. The van der Waals surface area contributed by atoms with Crippen molar-refractivity contribution in [3.63, 3.8) is 0 Å². The van der Waals surface area contributed by atoms with Gasteiger partial charge in [0.2, 0.25) is 5.91 Å². The van der Waals surface area contributed by atoms with Crippen molar-refractivity contribution in [1.29, 1.82) is 0 Å². The number of anilines is 1. The smallest absolute Gasteiger partial charge is 0.408 e. The number of carbonyl (C=O) groups is 4. The zero-order valence-corrected chi connectivity index (χ0v) is 23.2. The number of carbonyl (C=O) groups excluding carboxylic acids is 4. The van der Waals surface area contributed by atoms with Crippen LogP contribution in [0.4, 0.5) is 15.4 Å². The molecular weight excluding hydrogens is 504 g/mol. The van der Waals surface area contributed by atoms with Gasteiger partial charge in [-0.3, -0.25) is 14.7 Å². The summed E-state index contributed by atoms with van der Waals surface area (Å²) in [5, 5.41) is 5.28. The van der Waals surface area contributed by atoms with E-state index in [0.717, 1.165) is 11.8 Å². The summed E-state index contributed by atoms with van der Waals surface area (Å²) in [6.45, 7) is 11.0. The highest BCUT2D eigenvalue weighted by Gasteiger charge is 2.38. The molecule has 1 aliphatic rings. The Morgan fingerprint density at radius 3 is 2.31 bits per heavy atom. The molecule has 2 N–H and O–H groups in total. The average Bonchev–Trinajstić information content (AvgIpc) is 2.82. The molecule has 12 heteroatoms. The molecule has 0 bridgehead atoms. The van der Waals surface area contributed by atoms with Gasteiger partial charge in [0, 0.05) is 38.3 Å². The standard InChI is InChI=1S/C27H36N6O6/c1-18-17-31(22(35)27(5,6)30-25(38)39-26(2,3)4)14-15-32(18)23(36)28-21-11-13-33(24(37)29-21)20-9-7-19(8-10-20)12-16-34/h7-11,13,16,18H,12,14-15,17H2,1-6H3,(H,30,38)(H,28,29,36,37)/t18-/m1/s1. The number of hydrogen-bond acceptors (Lipinski definition) is 7. The van der Waals surface area contributed by atoms with Crippen LogP contribution in [0.2, 0.25) is 0 Å². The van der Waals surface area contributed by atoms with E-state index in [1.54, 1.807) is 68.7 Å². The van der Waals surface area contributed by atoms with Crippen LogP contribution in [-0.4, -0.2) is 80.5 Å². The molecule has 1 aromatic carbocycles. The van der Waals surface area contributed by atoms with E-state index in [0.29, 0.717) is 12.1 Å². The number of amides is 4. The van der Waals surface area contributed by atoms with Crippen LogP contribution in [0.5, 0.6) is 0 Å². The summed E-state index contributed by atoms with van der Waals surface area (Å²) < 4.78 is 6.60. The number of nitrogens with one attached hydrogen (secondary N) is 2. The first-order chi connectivity index (χ1) is 18.2. The summed E-state index contributed by atoms with van der Waals surface area (Å²) in [6, 6.07) is 7.70. The van der Waals surface area contributed by atoms with Crippen LogP contribution >= 0.6 is 0 Å². The van der Waals surface area contributed by atoms with Crippen molar-refractivity contribution < 1.29 is 23.9 Å². The molecule has 210 valence electrons. The molecule has 4 amide bonds. The average molecular weight is 541 g/mol. The molecule has 1 aromatic heterocycles. The number of aromatic nitrogens is 2. The normalized spacial score (nSPS) is 15.9. The molecule has 39 heavy (non-hydrogen) atoms. The van der Waals surface area contributed by atoms with Gasteiger partial charge in [-0.1, -0.05) is 12.1 Å². The van der Waals surface area contributed by atoms with Gasteiger partial charge in [-0.25, -0.2) is 14.4 Å². The number of urea groups is 1. The number of piperazine rings is 1. The predicted molar refractivity (Wildman–Crippen MR) is 145 cm³/mol. The number of hydrogen-bond donors (Lipinski definition) is 2. The summed E-state index contributed by atoms with van der Waals surface area (Å²) in [7, 11) is 0. The Balaban J connectivity index is 1.60. The maximum atomic E-state index is 13.1. The minimum absolute atomic E-state index is 0.104. The molecule has 0 radical (unpaired) electrons. The second-order valence-corrected chi connectivity index (χ2v) is 11.0. The van der Waals surface area contributed by atoms with Crippen LogP contribution in [0.3, 0.4) is 0 Å². The quantitative estimate of drug-likeness (QED) is 0.536. The van der Waals surface area contributed by atoms with Gasteiger partial charge >= 0.3 is 17.8 Å². The molecule has 2 heterocycles. The van der Waals surface area contributed by atoms with Gasteiger partial charge in [-0.2, -0.15) is 4.98 Å². The molecule has 1 fully saturated rings. The van der Waals surface area contributed by atoms with Crippen molar-refractivity contribution in [2.75, 3.05) is 25.0 Å². The van der Waals surface area contributed by atoms with Crippen LogP contribution in [-0.2, 0) is 20.7 Å². The van der Waals surface area contributed by atoms with E-state index in [4.69, 9.17) is 4.74 Å². The molecule has 1 saturated heterocycles. The molecule has 1 atom stereocenters. The molecule has 0 aliphatic carbocycles. The lowest BCUT2D eigenvalue weighted by atomic mass is 10.0. The third-order valence-electron chi connectivity index (χ3n) is 6.10. The Bertz CT molecular complexity index is 1280. The molecular formula is C27H36N6O6. The van der Waals surface area contributed by atoms with Crippen LogP contribution < -0.4 is 16.3 Å². The van der Waals surface area contributed by atoms with Crippen molar-refractivity contribution in [2.45, 2.75) is 65.1 Å². The van der Waals surface area contributed by atoms with Gasteiger partial charge in [-0.15, -0.1) is 0 Å². The van der Waals surface area contributed by atoms with Gasteiger partial charge in [0.25, 0.3) is 0 Å². The minimum atomic E-state index is -1.20. The van der Waals surface area contributed by atoms with E-state index in [-0.39, 0.29) is 37.4 Å². The molecule has 12 nitrogen and oxygen atoms in total. The van der Waals surface area contributed by atoms with Gasteiger partial charge in [0.15, 0.2) is 0 Å². The number of ether oxygens (including phenoxy) is 1. The van der Waals surface area contributed by atoms with E-state index in [9.17, 15) is 24.0 Å². The van der Waals surface area contributed by atoms with E-state index >= 15 is 0 Å². The maximum absolute atomic E-state index is 13.1. The lowest BCUT2D eigenvalue weighted by Gasteiger charge is -2.42. The van der Waals surface area contributed by atoms with Crippen molar-refractivity contribution >= 4 is 30.1 Å². The third-order valence-corrected chi connectivity index (χ3v) is 6.10. The first-order valence-electron chi connectivity index (χ1n) is 12.7. The molecule has 0 unspecified atom stereocenters. The second kappa shape index (κ2) is 11.7. The Hall–Kier alpha value is -4.22. The van der Waals surface area contributed by atoms with Crippen LogP contribution in [0, 0.1) is 0 Å². The fourth-order valence-corrected chi connectivity index (χ4v) is 4.19. The van der Waals surface area contributed by atoms with E-state index in [2.05, 4.69) is 15.6 Å². The minimum Gasteiger partial charge on any atom is -0.444 e. The zero-order valence-electron chi connectivity index (χ0n) is 23.2. The molecule has 0 spiro atoms. The third kappa shape index (κ3) is 7.65. The summed E-state index contributed by atoms with van der Waals surface area (Å²) >= 11 is 0. The summed E-state index contributed by atoms with van der Waals surface area (Å²) in [5.74, 6) is -0.183.